The number of benzene rings is 2. The first-order chi connectivity index (χ1) is 12.7. The minimum atomic E-state index is 0.0258. The van der Waals surface area contributed by atoms with Crippen molar-refractivity contribution in [1.82, 2.24) is 4.98 Å². The summed E-state index contributed by atoms with van der Waals surface area (Å²) in [6, 6.07) is 12.4. The molecule has 3 rings (SSSR count). The van der Waals surface area contributed by atoms with Gasteiger partial charge < -0.3 is 9.84 Å². The van der Waals surface area contributed by atoms with E-state index >= 15 is 0 Å². The lowest BCUT2D eigenvalue weighted by atomic mass is 10.2. The number of aromatic nitrogens is 1. The number of aromatic hydroxyl groups is 1. The molecule has 0 bridgehead atoms. The zero-order valence-electron chi connectivity index (χ0n) is 13.5. The maximum atomic E-state index is 9.72. The Hall–Kier alpha value is -3.01. The number of terminal acetylenes is 1. The lowest BCUT2D eigenvalue weighted by molar-refractivity contribution is 0.342. The van der Waals surface area contributed by atoms with E-state index in [0.29, 0.717) is 15.9 Å². The first kappa shape index (κ1) is 17.8. The molecule has 3 aromatic rings. The summed E-state index contributed by atoms with van der Waals surface area (Å²) in [6.45, 7) is 0.0823. The Morgan fingerprint density at radius 2 is 2.12 bits per heavy atom. The lowest BCUT2D eigenvalue weighted by Crippen LogP contribution is -1.95. The molecular formula is C19H14ClN3O2S. The van der Waals surface area contributed by atoms with Crippen LogP contribution in [0.4, 0.5) is 5.13 Å². The number of nitrogens with one attached hydrogen (secondary N) is 1. The third-order valence-corrected chi connectivity index (χ3v) is 4.31. The number of nitrogens with zero attached hydrogens (tertiary/aromatic N) is 2. The van der Waals surface area contributed by atoms with Gasteiger partial charge in [0.1, 0.15) is 6.61 Å². The number of phenolic OH excluding ortho intramolecular Hbond substituents is 1. The van der Waals surface area contributed by atoms with Gasteiger partial charge in [0.15, 0.2) is 11.5 Å². The Balaban J connectivity index is 1.66. The summed E-state index contributed by atoms with van der Waals surface area (Å²) in [4.78, 5) is 4.48. The van der Waals surface area contributed by atoms with Crippen molar-refractivity contribution >= 4 is 34.3 Å². The highest BCUT2D eigenvalue weighted by Crippen LogP contribution is 2.27. The molecule has 5 nitrogen and oxygen atoms in total. The van der Waals surface area contributed by atoms with Gasteiger partial charge in [-0.15, -0.1) is 17.8 Å². The molecule has 0 saturated heterocycles. The van der Waals surface area contributed by atoms with Crippen LogP contribution in [0.25, 0.3) is 11.3 Å². The van der Waals surface area contributed by atoms with Gasteiger partial charge in [0.2, 0.25) is 5.13 Å². The SMILES string of the molecule is C#CCOc1cc(/C=N/Nc2nc(-c3ccc(Cl)cc3)cs2)ccc1O. The summed E-state index contributed by atoms with van der Waals surface area (Å²) in [5.41, 5.74) is 5.46. The number of rotatable bonds is 6. The standard InChI is InChI=1S/C19H14ClN3O2S/c1-2-9-25-18-10-13(3-8-17(18)24)11-21-23-19-22-16(12-26-19)14-4-6-15(20)7-5-14/h1,3-8,10-12,24H,9H2,(H,22,23)/b21-11+. The van der Waals surface area contributed by atoms with E-state index in [1.165, 1.54) is 17.4 Å². The van der Waals surface area contributed by atoms with Gasteiger partial charge in [0.05, 0.1) is 11.9 Å². The summed E-state index contributed by atoms with van der Waals surface area (Å²) in [5, 5.41) is 17.2. The number of anilines is 1. The molecule has 0 aliphatic heterocycles. The van der Waals surface area contributed by atoms with Crippen molar-refractivity contribution in [3.05, 3.63) is 58.4 Å². The summed E-state index contributed by atoms with van der Waals surface area (Å²) in [7, 11) is 0. The van der Waals surface area contributed by atoms with Crippen LogP contribution in [0, 0.1) is 12.3 Å². The van der Waals surface area contributed by atoms with Gasteiger partial charge in [-0.3, -0.25) is 5.43 Å². The van der Waals surface area contributed by atoms with Crippen LogP contribution in [0.2, 0.25) is 5.02 Å². The van der Waals surface area contributed by atoms with Crippen LogP contribution in [0.15, 0.2) is 52.9 Å². The number of hydrazone groups is 1. The van der Waals surface area contributed by atoms with Crippen LogP contribution in [0.5, 0.6) is 11.5 Å². The first-order valence-electron chi connectivity index (χ1n) is 7.55. The van der Waals surface area contributed by atoms with Gasteiger partial charge in [0, 0.05) is 16.0 Å². The molecule has 0 atom stereocenters. The molecule has 130 valence electrons. The molecule has 2 aromatic carbocycles. The molecule has 0 fully saturated rings. The predicted molar refractivity (Wildman–Crippen MR) is 106 cm³/mol. The first-order valence-corrected chi connectivity index (χ1v) is 8.81. The number of hydrogen-bond donors (Lipinski definition) is 2. The number of halogens is 1. The second-order valence-corrected chi connectivity index (χ2v) is 6.43. The van der Waals surface area contributed by atoms with Gasteiger partial charge in [-0.1, -0.05) is 29.7 Å². The highest BCUT2D eigenvalue weighted by molar-refractivity contribution is 7.14. The minimum Gasteiger partial charge on any atom is -0.504 e. The van der Waals surface area contributed by atoms with E-state index in [4.69, 9.17) is 22.8 Å². The fraction of sp³-hybridized carbons (Fsp3) is 0.0526. The minimum absolute atomic E-state index is 0.0258. The molecule has 0 aliphatic rings. The Kier molecular flexibility index (Phi) is 5.74. The molecule has 0 spiro atoms. The van der Waals surface area contributed by atoms with Gasteiger partial charge in [0.25, 0.3) is 0 Å². The van der Waals surface area contributed by atoms with Crippen LogP contribution < -0.4 is 10.2 Å². The summed E-state index contributed by atoms with van der Waals surface area (Å²) < 4.78 is 5.26. The van der Waals surface area contributed by atoms with E-state index < -0.39 is 0 Å². The molecule has 0 saturated carbocycles. The zero-order chi connectivity index (χ0) is 18.4. The second-order valence-electron chi connectivity index (χ2n) is 5.13. The highest BCUT2D eigenvalue weighted by atomic mass is 35.5. The maximum absolute atomic E-state index is 9.72. The van der Waals surface area contributed by atoms with Gasteiger partial charge in [-0.2, -0.15) is 5.10 Å². The van der Waals surface area contributed by atoms with E-state index in [-0.39, 0.29) is 12.4 Å². The van der Waals surface area contributed by atoms with E-state index in [2.05, 4.69) is 21.4 Å². The summed E-state index contributed by atoms with van der Waals surface area (Å²) in [6.07, 6.45) is 6.76. The quantitative estimate of drug-likeness (QED) is 0.370. The van der Waals surface area contributed by atoms with Crippen LogP contribution >= 0.6 is 22.9 Å². The van der Waals surface area contributed by atoms with Gasteiger partial charge >= 0.3 is 0 Å². The van der Waals surface area contributed by atoms with Gasteiger partial charge in [-0.05, 0) is 35.9 Å². The van der Waals surface area contributed by atoms with Crippen molar-refractivity contribution in [3.8, 4) is 35.1 Å². The molecular weight excluding hydrogens is 370 g/mol. The van der Waals surface area contributed by atoms with E-state index in [0.717, 1.165) is 16.8 Å². The monoisotopic (exact) mass is 383 g/mol. The van der Waals surface area contributed by atoms with Crippen molar-refractivity contribution in [2.24, 2.45) is 5.10 Å². The second kappa shape index (κ2) is 8.39. The third-order valence-electron chi connectivity index (χ3n) is 3.31. The lowest BCUT2D eigenvalue weighted by Gasteiger charge is -2.05. The van der Waals surface area contributed by atoms with Crippen molar-refractivity contribution in [2.45, 2.75) is 0 Å². The fourth-order valence-electron chi connectivity index (χ4n) is 2.09. The normalized spacial score (nSPS) is 10.6. The molecule has 1 heterocycles. The van der Waals surface area contributed by atoms with Gasteiger partial charge in [-0.25, -0.2) is 4.98 Å². The average molecular weight is 384 g/mol. The Morgan fingerprint density at radius 3 is 2.88 bits per heavy atom. The third kappa shape index (κ3) is 4.54. The predicted octanol–water partition coefficient (Wildman–Crippen LogP) is 4.63. The molecule has 0 radical (unpaired) electrons. The Morgan fingerprint density at radius 1 is 1.31 bits per heavy atom. The van der Waals surface area contributed by atoms with E-state index in [9.17, 15) is 5.11 Å². The van der Waals surface area contributed by atoms with Crippen LogP contribution in [0.1, 0.15) is 5.56 Å². The topological polar surface area (TPSA) is 66.7 Å². The van der Waals surface area contributed by atoms with Crippen LogP contribution in [-0.2, 0) is 0 Å². The Labute approximate surface area is 159 Å². The average Bonchev–Trinajstić information content (AvgIpc) is 3.11. The van der Waals surface area contributed by atoms with E-state index in [1.807, 2.05) is 29.6 Å². The number of ether oxygens (including phenoxy) is 1. The maximum Gasteiger partial charge on any atom is 0.203 e. The van der Waals surface area contributed by atoms with Crippen molar-refractivity contribution < 1.29 is 9.84 Å². The molecule has 2 N–H and O–H groups in total. The molecule has 7 heteroatoms. The van der Waals surface area contributed by atoms with Crippen molar-refractivity contribution in [1.29, 1.82) is 0 Å². The van der Waals surface area contributed by atoms with Crippen molar-refractivity contribution in [2.75, 3.05) is 12.0 Å². The van der Waals surface area contributed by atoms with E-state index in [1.54, 1.807) is 18.3 Å². The summed E-state index contributed by atoms with van der Waals surface area (Å²) in [5.74, 6) is 2.69. The summed E-state index contributed by atoms with van der Waals surface area (Å²) >= 11 is 7.34. The number of thiazole rings is 1. The molecule has 0 unspecified atom stereocenters. The highest BCUT2D eigenvalue weighted by Gasteiger charge is 2.05. The fourth-order valence-corrected chi connectivity index (χ4v) is 2.88. The molecule has 26 heavy (non-hydrogen) atoms. The van der Waals surface area contributed by atoms with Crippen LogP contribution in [-0.4, -0.2) is 22.9 Å². The molecule has 0 aliphatic carbocycles. The zero-order valence-corrected chi connectivity index (χ0v) is 15.1. The Bertz CT molecular complexity index is 962. The number of phenols is 1. The van der Waals surface area contributed by atoms with Crippen molar-refractivity contribution in [3.63, 3.8) is 0 Å². The largest absolute Gasteiger partial charge is 0.504 e. The number of hydrogen-bond acceptors (Lipinski definition) is 6. The molecule has 1 aromatic heterocycles. The molecule has 0 amide bonds. The van der Waals surface area contributed by atoms with Crippen LogP contribution in [0.3, 0.4) is 0 Å². The smallest absolute Gasteiger partial charge is 0.203 e.